The summed E-state index contributed by atoms with van der Waals surface area (Å²) in [4.78, 5) is 11.1. The largest absolute Gasteiger partial charge is 0.439 e. The molecular weight excluding hydrogens is 347 g/mol. The standard InChI is InChI=1S/C18H12F3N3O2/c1-10-16(23-24-17(25)26-10)11-6-7-14(15(8-11)18(19,20)21)13-5-3-2-4-12(13)9-22/h2-8,10H,1H3,(H,24,25)/t10-/m0/s1. The maximum absolute atomic E-state index is 13.7. The van der Waals surface area contributed by atoms with E-state index in [1.807, 2.05) is 6.07 Å². The number of nitriles is 1. The van der Waals surface area contributed by atoms with Crippen LogP contribution in [0.3, 0.4) is 0 Å². The minimum absolute atomic E-state index is 0.104. The molecule has 0 unspecified atom stereocenters. The van der Waals surface area contributed by atoms with Gasteiger partial charge in [0.15, 0.2) is 0 Å². The van der Waals surface area contributed by atoms with Crippen LogP contribution in [0.25, 0.3) is 11.1 Å². The minimum Gasteiger partial charge on any atom is -0.439 e. The number of alkyl halides is 3. The van der Waals surface area contributed by atoms with Gasteiger partial charge in [-0.25, -0.2) is 10.2 Å². The Morgan fingerprint density at radius 1 is 1.19 bits per heavy atom. The lowest BCUT2D eigenvalue weighted by Crippen LogP contribution is -2.37. The van der Waals surface area contributed by atoms with Crippen LogP contribution in [0.1, 0.15) is 23.6 Å². The quantitative estimate of drug-likeness (QED) is 0.878. The van der Waals surface area contributed by atoms with Crippen molar-refractivity contribution in [3.05, 3.63) is 59.2 Å². The first-order valence-electron chi connectivity index (χ1n) is 7.56. The second-order valence-corrected chi connectivity index (χ2v) is 5.57. The molecule has 1 heterocycles. The number of carbonyl (C=O) groups excluding carboxylic acids is 1. The molecule has 1 N–H and O–H groups in total. The number of benzene rings is 2. The predicted molar refractivity (Wildman–Crippen MR) is 87.2 cm³/mol. The first-order valence-corrected chi connectivity index (χ1v) is 7.56. The second-order valence-electron chi connectivity index (χ2n) is 5.57. The Bertz CT molecular complexity index is 945. The van der Waals surface area contributed by atoms with Crippen molar-refractivity contribution >= 4 is 11.8 Å². The van der Waals surface area contributed by atoms with Crippen molar-refractivity contribution in [1.82, 2.24) is 5.43 Å². The van der Waals surface area contributed by atoms with Crippen LogP contribution in [0.5, 0.6) is 0 Å². The Kier molecular flexibility index (Phi) is 4.38. The molecule has 2 aromatic carbocycles. The Hall–Kier alpha value is -3.34. The van der Waals surface area contributed by atoms with Crippen LogP contribution in [0.15, 0.2) is 47.6 Å². The van der Waals surface area contributed by atoms with Crippen LogP contribution in [-0.2, 0) is 10.9 Å². The van der Waals surface area contributed by atoms with Crippen LogP contribution in [0.2, 0.25) is 0 Å². The number of carbonyl (C=O) groups is 1. The summed E-state index contributed by atoms with van der Waals surface area (Å²) in [7, 11) is 0. The normalized spacial score (nSPS) is 17.0. The van der Waals surface area contributed by atoms with Gasteiger partial charge >= 0.3 is 12.3 Å². The van der Waals surface area contributed by atoms with E-state index in [2.05, 4.69) is 10.5 Å². The molecule has 0 saturated carbocycles. The van der Waals surface area contributed by atoms with Crippen molar-refractivity contribution in [2.24, 2.45) is 5.10 Å². The fourth-order valence-corrected chi connectivity index (χ4v) is 2.73. The third-order valence-electron chi connectivity index (χ3n) is 3.89. The van der Waals surface area contributed by atoms with Crippen LogP contribution in [-0.4, -0.2) is 17.9 Å². The summed E-state index contributed by atoms with van der Waals surface area (Å²) >= 11 is 0. The highest BCUT2D eigenvalue weighted by Crippen LogP contribution is 2.39. The van der Waals surface area contributed by atoms with Crippen LogP contribution in [0, 0.1) is 11.3 Å². The van der Waals surface area contributed by atoms with Gasteiger partial charge in [-0.05, 0) is 24.6 Å². The number of rotatable bonds is 2. The number of nitrogens with one attached hydrogen (secondary N) is 1. The maximum atomic E-state index is 13.7. The molecule has 3 rings (SSSR count). The third kappa shape index (κ3) is 3.24. The molecule has 1 aliphatic rings. The van der Waals surface area contributed by atoms with E-state index in [-0.39, 0.29) is 28.0 Å². The molecule has 132 valence electrons. The summed E-state index contributed by atoms with van der Waals surface area (Å²) in [6.07, 6.45) is -6.20. The van der Waals surface area contributed by atoms with Crippen molar-refractivity contribution in [3.63, 3.8) is 0 Å². The van der Waals surface area contributed by atoms with Gasteiger partial charge in [0.05, 0.1) is 17.2 Å². The molecule has 0 aromatic heterocycles. The molecule has 0 radical (unpaired) electrons. The van der Waals surface area contributed by atoms with Gasteiger partial charge in [0.25, 0.3) is 0 Å². The molecule has 1 atom stereocenters. The van der Waals surface area contributed by atoms with Crippen molar-refractivity contribution < 1.29 is 22.7 Å². The predicted octanol–water partition coefficient (Wildman–Crippen LogP) is 4.08. The Morgan fingerprint density at radius 3 is 2.58 bits per heavy atom. The molecule has 5 nitrogen and oxygen atoms in total. The summed E-state index contributed by atoms with van der Waals surface area (Å²) in [6.45, 7) is 1.52. The van der Waals surface area contributed by atoms with Gasteiger partial charge in [-0.15, -0.1) is 0 Å². The number of hydrogen-bond donors (Lipinski definition) is 1. The van der Waals surface area contributed by atoms with Gasteiger partial charge in [0, 0.05) is 11.1 Å². The molecule has 1 amide bonds. The molecule has 0 saturated heterocycles. The molecule has 0 spiro atoms. The zero-order valence-electron chi connectivity index (χ0n) is 13.5. The topological polar surface area (TPSA) is 74.5 Å². The van der Waals surface area contributed by atoms with Crippen molar-refractivity contribution in [2.75, 3.05) is 0 Å². The molecular formula is C18H12F3N3O2. The van der Waals surface area contributed by atoms with E-state index in [1.54, 1.807) is 12.1 Å². The van der Waals surface area contributed by atoms with E-state index in [4.69, 9.17) is 4.74 Å². The average Bonchev–Trinajstić information content (AvgIpc) is 2.60. The molecule has 0 bridgehead atoms. The zero-order chi connectivity index (χ0) is 18.9. The number of amides is 1. The fourth-order valence-electron chi connectivity index (χ4n) is 2.73. The molecule has 8 heteroatoms. The van der Waals surface area contributed by atoms with E-state index < -0.39 is 23.9 Å². The Labute approximate surface area is 146 Å². The minimum atomic E-state index is -4.64. The Balaban J connectivity index is 2.17. The number of nitrogens with zero attached hydrogens (tertiary/aromatic N) is 2. The van der Waals surface area contributed by atoms with E-state index in [0.717, 1.165) is 6.07 Å². The van der Waals surface area contributed by atoms with Gasteiger partial charge in [-0.3, -0.25) is 0 Å². The lowest BCUT2D eigenvalue weighted by atomic mass is 9.92. The number of ether oxygens (including phenoxy) is 1. The highest BCUT2D eigenvalue weighted by Gasteiger charge is 2.35. The third-order valence-corrected chi connectivity index (χ3v) is 3.89. The van der Waals surface area contributed by atoms with Crippen LogP contribution < -0.4 is 5.43 Å². The Morgan fingerprint density at radius 2 is 1.92 bits per heavy atom. The smallest absolute Gasteiger partial charge is 0.428 e. The molecule has 0 fully saturated rings. The van der Waals surface area contributed by atoms with Crippen molar-refractivity contribution in [3.8, 4) is 17.2 Å². The SMILES string of the molecule is C[C@@H]1OC(=O)NN=C1c1ccc(-c2ccccc2C#N)c(C(F)(F)F)c1. The van der Waals surface area contributed by atoms with Gasteiger partial charge in [0.2, 0.25) is 0 Å². The summed E-state index contributed by atoms with van der Waals surface area (Å²) in [6, 6.07) is 11.7. The maximum Gasteiger partial charge on any atom is 0.428 e. The summed E-state index contributed by atoms with van der Waals surface area (Å²) < 4.78 is 45.9. The first kappa shape index (κ1) is 17.5. The number of hydrogen-bond acceptors (Lipinski definition) is 4. The lowest BCUT2D eigenvalue weighted by molar-refractivity contribution is -0.137. The molecule has 0 aliphatic carbocycles. The van der Waals surface area contributed by atoms with E-state index in [1.165, 1.54) is 31.2 Å². The number of hydrazone groups is 1. The first-order chi connectivity index (χ1) is 12.3. The van der Waals surface area contributed by atoms with Crippen molar-refractivity contribution in [1.29, 1.82) is 5.26 Å². The van der Waals surface area contributed by atoms with E-state index >= 15 is 0 Å². The summed E-state index contributed by atoms with van der Waals surface area (Å²) in [5, 5.41) is 13.0. The van der Waals surface area contributed by atoms with E-state index in [9.17, 15) is 23.2 Å². The molecule has 1 aliphatic heterocycles. The van der Waals surface area contributed by atoms with Gasteiger partial charge in [-0.2, -0.15) is 23.5 Å². The number of halogens is 3. The van der Waals surface area contributed by atoms with Crippen molar-refractivity contribution in [2.45, 2.75) is 19.2 Å². The second kappa shape index (κ2) is 6.52. The fraction of sp³-hybridized carbons (Fsp3) is 0.167. The van der Waals surface area contributed by atoms with E-state index in [0.29, 0.717) is 0 Å². The van der Waals surface area contributed by atoms with Gasteiger partial charge in [0.1, 0.15) is 11.8 Å². The molecule has 26 heavy (non-hydrogen) atoms. The summed E-state index contributed by atoms with van der Waals surface area (Å²) in [5.74, 6) is 0. The van der Waals surface area contributed by atoms with Gasteiger partial charge in [-0.1, -0.05) is 30.3 Å². The van der Waals surface area contributed by atoms with Crippen LogP contribution >= 0.6 is 0 Å². The number of cyclic esters (lactones) is 1. The monoisotopic (exact) mass is 359 g/mol. The summed E-state index contributed by atoms with van der Waals surface area (Å²) in [5.41, 5.74) is 1.76. The zero-order valence-corrected chi connectivity index (χ0v) is 13.5. The lowest BCUT2D eigenvalue weighted by Gasteiger charge is -2.22. The molecule has 2 aromatic rings. The average molecular weight is 359 g/mol. The van der Waals surface area contributed by atoms with Gasteiger partial charge < -0.3 is 4.74 Å². The highest BCUT2D eigenvalue weighted by molar-refractivity contribution is 6.06. The highest BCUT2D eigenvalue weighted by atomic mass is 19.4. The van der Waals surface area contributed by atoms with Crippen LogP contribution in [0.4, 0.5) is 18.0 Å².